The molecule has 0 saturated carbocycles. The summed E-state index contributed by atoms with van der Waals surface area (Å²) in [5.41, 5.74) is 3.16. The summed E-state index contributed by atoms with van der Waals surface area (Å²) in [6.45, 7) is 4.74. The van der Waals surface area contributed by atoms with Gasteiger partial charge in [0.15, 0.2) is 0 Å². The number of esters is 1. The van der Waals surface area contributed by atoms with Crippen LogP contribution in [0.4, 0.5) is 5.82 Å². The van der Waals surface area contributed by atoms with Crippen molar-refractivity contribution in [2.24, 2.45) is 0 Å². The van der Waals surface area contributed by atoms with Crippen molar-refractivity contribution in [2.45, 2.75) is 20.3 Å². The van der Waals surface area contributed by atoms with Crippen LogP contribution >= 0.6 is 0 Å². The molecule has 0 saturated heterocycles. The van der Waals surface area contributed by atoms with Gasteiger partial charge in [0.25, 0.3) is 0 Å². The van der Waals surface area contributed by atoms with Crippen LogP contribution in [0.25, 0.3) is 10.9 Å². The first-order chi connectivity index (χ1) is 12.6. The van der Waals surface area contributed by atoms with Gasteiger partial charge in [0, 0.05) is 44.0 Å². The van der Waals surface area contributed by atoms with Gasteiger partial charge in [-0.2, -0.15) is 0 Å². The molecule has 0 atom stereocenters. The van der Waals surface area contributed by atoms with E-state index in [1.807, 2.05) is 43.1 Å². The zero-order valence-electron chi connectivity index (χ0n) is 15.3. The number of anilines is 1. The lowest BCUT2D eigenvalue weighted by molar-refractivity contribution is 0.0526. The van der Waals surface area contributed by atoms with Gasteiger partial charge in [-0.05, 0) is 25.5 Å². The highest BCUT2D eigenvalue weighted by molar-refractivity contribution is 6.02. The normalized spacial score (nSPS) is 10.7. The van der Waals surface area contributed by atoms with Gasteiger partial charge in [-0.25, -0.2) is 9.78 Å². The van der Waals surface area contributed by atoms with Crippen LogP contribution in [0.1, 0.15) is 28.5 Å². The van der Waals surface area contributed by atoms with Gasteiger partial charge in [0.05, 0.1) is 17.8 Å². The van der Waals surface area contributed by atoms with E-state index in [1.54, 1.807) is 25.5 Å². The van der Waals surface area contributed by atoms with E-state index in [2.05, 4.69) is 9.97 Å². The summed E-state index contributed by atoms with van der Waals surface area (Å²) < 4.78 is 5.28. The number of benzene rings is 1. The van der Waals surface area contributed by atoms with Crippen LogP contribution in [-0.2, 0) is 11.2 Å². The van der Waals surface area contributed by atoms with E-state index in [-0.39, 0.29) is 5.97 Å². The molecule has 3 aromatic rings. The molecule has 0 bridgehead atoms. The average Bonchev–Trinajstić information content (AvgIpc) is 2.67. The topological polar surface area (TPSA) is 68.2 Å². The monoisotopic (exact) mass is 350 g/mol. The summed E-state index contributed by atoms with van der Waals surface area (Å²) in [6.07, 6.45) is 5.79. The molecule has 6 heteroatoms. The first-order valence-corrected chi connectivity index (χ1v) is 8.64. The summed E-state index contributed by atoms with van der Waals surface area (Å²) in [5, 5.41) is 0.960. The lowest BCUT2D eigenvalue weighted by Gasteiger charge is -2.22. The fraction of sp³-hybridized carbons (Fsp3) is 0.300. The number of aromatic nitrogens is 3. The molecule has 3 rings (SSSR count). The van der Waals surface area contributed by atoms with Gasteiger partial charge in [0.1, 0.15) is 11.4 Å². The average molecular weight is 350 g/mol. The number of para-hydroxylation sites is 1. The zero-order valence-corrected chi connectivity index (χ0v) is 15.3. The van der Waals surface area contributed by atoms with Gasteiger partial charge in [0.2, 0.25) is 0 Å². The van der Waals surface area contributed by atoms with Crippen LogP contribution in [0.15, 0.2) is 42.9 Å². The van der Waals surface area contributed by atoms with Gasteiger partial charge in [-0.1, -0.05) is 18.2 Å². The van der Waals surface area contributed by atoms with E-state index in [0.29, 0.717) is 31.0 Å². The molecule has 0 amide bonds. The van der Waals surface area contributed by atoms with E-state index in [4.69, 9.17) is 9.72 Å². The van der Waals surface area contributed by atoms with Gasteiger partial charge in [-0.15, -0.1) is 0 Å². The Morgan fingerprint density at radius 3 is 2.77 bits per heavy atom. The van der Waals surface area contributed by atoms with Crippen molar-refractivity contribution in [1.29, 1.82) is 0 Å². The van der Waals surface area contributed by atoms with Crippen molar-refractivity contribution in [1.82, 2.24) is 15.0 Å². The van der Waals surface area contributed by atoms with Crippen molar-refractivity contribution >= 4 is 22.7 Å². The molecule has 134 valence electrons. The maximum atomic E-state index is 12.6. The summed E-state index contributed by atoms with van der Waals surface area (Å²) in [6, 6.07) is 7.83. The minimum Gasteiger partial charge on any atom is -0.462 e. The second-order valence-corrected chi connectivity index (χ2v) is 6.04. The molecule has 0 aliphatic heterocycles. The third kappa shape index (κ3) is 3.64. The molecule has 0 radical (unpaired) electrons. The first kappa shape index (κ1) is 17.8. The summed E-state index contributed by atoms with van der Waals surface area (Å²) in [5.74, 6) is 0.285. The molecule has 0 unspecified atom stereocenters. The molecule has 0 aliphatic carbocycles. The lowest BCUT2D eigenvalue weighted by atomic mass is 10.0. The zero-order chi connectivity index (χ0) is 18.5. The number of fused-ring (bicyclic) bond motifs is 1. The van der Waals surface area contributed by atoms with E-state index in [9.17, 15) is 4.79 Å². The van der Waals surface area contributed by atoms with Crippen molar-refractivity contribution in [3.05, 3.63) is 59.7 Å². The maximum absolute atomic E-state index is 12.6. The Morgan fingerprint density at radius 2 is 2.04 bits per heavy atom. The summed E-state index contributed by atoms with van der Waals surface area (Å²) >= 11 is 0. The fourth-order valence-corrected chi connectivity index (χ4v) is 2.93. The smallest absolute Gasteiger partial charge is 0.342 e. The minimum absolute atomic E-state index is 0.327. The summed E-state index contributed by atoms with van der Waals surface area (Å²) in [7, 11) is 1.93. The number of hydrogen-bond donors (Lipinski definition) is 0. The van der Waals surface area contributed by atoms with Crippen LogP contribution in [0.5, 0.6) is 0 Å². The summed E-state index contributed by atoms with van der Waals surface area (Å²) in [4.78, 5) is 27.7. The highest BCUT2D eigenvalue weighted by atomic mass is 16.5. The van der Waals surface area contributed by atoms with Crippen LogP contribution in [0.3, 0.4) is 0 Å². The minimum atomic E-state index is -0.343. The number of aryl methyl sites for hydroxylation is 1. The highest BCUT2D eigenvalue weighted by Crippen LogP contribution is 2.28. The number of hydrogen-bond acceptors (Lipinski definition) is 6. The van der Waals surface area contributed by atoms with E-state index < -0.39 is 0 Å². The van der Waals surface area contributed by atoms with Crippen molar-refractivity contribution < 1.29 is 9.53 Å². The lowest BCUT2D eigenvalue weighted by Crippen LogP contribution is -2.25. The van der Waals surface area contributed by atoms with Crippen molar-refractivity contribution in [3.63, 3.8) is 0 Å². The Labute approximate surface area is 152 Å². The predicted octanol–water partition coefficient (Wildman–Crippen LogP) is 3.19. The molecule has 0 N–H and O–H groups in total. The number of rotatable bonds is 6. The largest absolute Gasteiger partial charge is 0.462 e. The van der Waals surface area contributed by atoms with Crippen LogP contribution in [-0.4, -0.2) is 41.1 Å². The van der Waals surface area contributed by atoms with E-state index in [1.165, 1.54) is 0 Å². The Bertz CT molecular complexity index is 912. The van der Waals surface area contributed by atoms with Crippen molar-refractivity contribution in [3.8, 4) is 0 Å². The van der Waals surface area contributed by atoms with Gasteiger partial charge < -0.3 is 9.64 Å². The predicted molar refractivity (Wildman–Crippen MR) is 101 cm³/mol. The molecule has 26 heavy (non-hydrogen) atoms. The second kappa shape index (κ2) is 7.91. The van der Waals surface area contributed by atoms with Crippen molar-refractivity contribution in [2.75, 3.05) is 25.1 Å². The third-order valence-electron chi connectivity index (χ3n) is 4.29. The van der Waals surface area contributed by atoms with E-state index in [0.717, 1.165) is 22.2 Å². The molecular weight excluding hydrogens is 328 g/mol. The maximum Gasteiger partial charge on any atom is 0.342 e. The number of carbonyl (C=O) groups is 1. The number of likely N-dealkylation sites (N-methyl/N-ethyl adjacent to an activating group) is 1. The molecule has 6 nitrogen and oxygen atoms in total. The number of nitrogens with zero attached hydrogens (tertiary/aromatic N) is 4. The Kier molecular flexibility index (Phi) is 5.41. The Hall–Kier alpha value is -3.02. The fourth-order valence-electron chi connectivity index (χ4n) is 2.93. The van der Waals surface area contributed by atoms with Crippen LogP contribution in [0.2, 0.25) is 0 Å². The molecule has 2 heterocycles. The quantitative estimate of drug-likeness (QED) is 0.636. The molecule has 0 aliphatic rings. The molecule has 1 aromatic carbocycles. The highest BCUT2D eigenvalue weighted by Gasteiger charge is 2.22. The molecule has 0 spiro atoms. The molecule has 2 aromatic heterocycles. The third-order valence-corrected chi connectivity index (χ3v) is 4.29. The SMILES string of the molecule is CCOC(=O)c1c(N(C)CCc2cnccn2)nc2ccccc2c1C. The second-order valence-electron chi connectivity index (χ2n) is 6.04. The van der Waals surface area contributed by atoms with Crippen LogP contribution < -0.4 is 4.90 Å². The Balaban J connectivity index is 1.99. The number of pyridine rings is 1. The first-order valence-electron chi connectivity index (χ1n) is 8.64. The standard InChI is InChI=1S/C20H22N4O2/c1-4-26-20(25)18-14(2)16-7-5-6-8-17(16)23-19(18)24(3)12-9-15-13-21-10-11-22-15/h5-8,10-11,13H,4,9,12H2,1-3H3. The van der Waals surface area contributed by atoms with Crippen LogP contribution in [0, 0.1) is 6.92 Å². The van der Waals surface area contributed by atoms with Gasteiger partial charge in [-0.3, -0.25) is 9.97 Å². The molecule has 0 fully saturated rings. The Morgan fingerprint density at radius 1 is 1.23 bits per heavy atom. The van der Waals surface area contributed by atoms with E-state index >= 15 is 0 Å². The van der Waals surface area contributed by atoms with Gasteiger partial charge >= 0.3 is 5.97 Å². The number of ether oxygens (including phenoxy) is 1. The number of carbonyl (C=O) groups excluding carboxylic acids is 1. The molecular formula is C20H22N4O2.